The molecule has 2 rings (SSSR count). The van der Waals surface area contributed by atoms with Crippen LogP contribution in [0.3, 0.4) is 0 Å². The van der Waals surface area contributed by atoms with Crippen molar-refractivity contribution in [3.05, 3.63) is 22.2 Å². The molecule has 0 unspecified atom stereocenters. The second-order valence-electron chi connectivity index (χ2n) is 5.87. The minimum Gasteiger partial charge on any atom is -0.496 e. The van der Waals surface area contributed by atoms with Gasteiger partial charge in [-0.2, -0.15) is 0 Å². The summed E-state index contributed by atoms with van der Waals surface area (Å²) < 4.78 is 42.7. The maximum absolute atomic E-state index is 11.6. The molecular weight excluding hydrogens is 460 g/mol. The summed E-state index contributed by atoms with van der Waals surface area (Å²) in [4.78, 5) is 23.1. The molecule has 1 heterocycles. The summed E-state index contributed by atoms with van der Waals surface area (Å²) in [6, 6.07) is 3.10. The van der Waals surface area contributed by atoms with E-state index < -0.39 is 34.9 Å². The number of methoxy groups -OCH3 is 2. The Morgan fingerprint density at radius 2 is 1.75 bits per heavy atom. The van der Waals surface area contributed by atoms with Gasteiger partial charge in [0.15, 0.2) is 9.84 Å². The van der Waals surface area contributed by atoms with Crippen LogP contribution in [0.15, 0.2) is 16.6 Å². The first-order chi connectivity index (χ1) is 13.2. The Morgan fingerprint density at radius 3 is 2.36 bits per heavy atom. The molecule has 2 amide bonds. The highest BCUT2D eigenvalue weighted by atomic mass is 79.9. The van der Waals surface area contributed by atoms with E-state index in [2.05, 4.69) is 31.3 Å². The average molecular weight is 481 g/mol. The molecule has 1 saturated heterocycles. The van der Waals surface area contributed by atoms with Crippen LogP contribution in [0.4, 0.5) is 9.59 Å². The molecule has 1 aromatic carbocycles. The molecule has 0 saturated carbocycles. The van der Waals surface area contributed by atoms with Crippen molar-refractivity contribution in [1.82, 2.24) is 10.6 Å². The predicted molar refractivity (Wildman–Crippen MR) is 102 cm³/mol. The Labute approximate surface area is 170 Å². The smallest absolute Gasteiger partial charge is 0.410 e. The highest BCUT2D eigenvalue weighted by Crippen LogP contribution is 2.32. The number of rotatable bonds is 8. The van der Waals surface area contributed by atoms with Gasteiger partial charge in [0.1, 0.15) is 11.5 Å². The topological polar surface area (TPSA) is 129 Å². The number of hydrogen-bond donors (Lipinski definition) is 2. The Bertz CT molecular complexity index is 818. The molecule has 28 heavy (non-hydrogen) atoms. The lowest BCUT2D eigenvalue weighted by atomic mass is 10.1. The summed E-state index contributed by atoms with van der Waals surface area (Å²) in [6.45, 7) is -0.335. The normalized spacial score (nSPS) is 15.1. The van der Waals surface area contributed by atoms with Crippen LogP contribution in [0.25, 0.3) is 0 Å². The van der Waals surface area contributed by atoms with E-state index in [1.165, 1.54) is 0 Å². The second kappa shape index (κ2) is 9.82. The lowest BCUT2D eigenvalue weighted by molar-refractivity contribution is 0.0236. The third kappa shape index (κ3) is 6.44. The SMILES string of the molecule is COc1cc(CCNC(=O)OCOC(=O)NC2CS(=O)(=O)C2)c(OC)cc1Br. The molecular formula is C16H21BrN2O8S. The molecule has 1 aliphatic heterocycles. The molecule has 12 heteroatoms. The summed E-state index contributed by atoms with van der Waals surface area (Å²) in [7, 11) is 0.0496. The van der Waals surface area contributed by atoms with Gasteiger partial charge in [-0.15, -0.1) is 0 Å². The monoisotopic (exact) mass is 480 g/mol. The first-order valence-electron chi connectivity index (χ1n) is 8.19. The zero-order valence-electron chi connectivity index (χ0n) is 15.3. The Morgan fingerprint density at radius 1 is 1.11 bits per heavy atom. The van der Waals surface area contributed by atoms with Gasteiger partial charge >= 0.3 is 12.2 Å². The number of alkyl carbamates (subject to hydrolysis) is 2. The molecule has 156 valence electrons. The van der Waals surface area contributed by atoms with Crippen molar-refractivity contribution in [2.24, 2.45) is 0 Å². The molecule has 1 fully saturated rings. The average Bonchev–Trinajstić information content (AvgIpc) is 2.60. The van der Waals surface area contributed by atoms with E-state index in [1.807, 2.05) is 0 Å². The highest BCUT2D eigenvalue weighted by Gasteiger charge is 2.34. The molecule has 0 aromatic heterocycles. The lowest BCUT2D eigenvalue weighted by Gasteiger charge is -2.25. The first-order valence-corrected chi connectivity index (χ1v) is 10.8. The van der Waals surface area contributed by atoms with Crippen LogP contribution >= 0.6 is 15.9 Å². The number of carbonyl (C=O) groups excluding carboxylic acids is 2. The summed E-state index contributed by atoms with van der Waals surface area (Å²) in [5, 5.41) is 4.88. The first kappa shape index (κ1) is 22.1. The number of carbonyl (C=O) groups is 2. The predicted octanol–water partition coefficient (Wildman–Crippen LogP) is 1.22. The van der Waals surface area contributed by atoms with E-state index in [4.69, 9.17) is 14.2 Å². The van der Waals surface area contributed by atoms with Crippen molar-refractivity contribution in [1.29, 1.82) is 0 Å². The molecule has 0 spiro atoms. The standard InChI is InChI=1S/C16H21BrN2O8S/c1-24-13-6-12(17)14(25-2)5-10(13)3-4-18-15(20)26-9-27-16(21)19-11-7-28(22,23)8-11/h5-6,11H,3-4,7-9H2,1-2H3,(H,18,20)(H,19,21). The molecule has 10 nitrogen and oxygen atoms in total. The number of amides is 2. The molecule has 1 aromatic rings. The van der Waals surface area contributed by atoms with Crippen molar-refractivity contribution >= 4 is 38.0 Å². The number of nitrogens with one attached hydrogen (secondary N) is 2. The molecule has 2 N–H and O–H groups in total. The minimum atomic E-state index is -3.04. The van der Waals surface area contributed by atoms with E-state index in [1.54, 1.807) is 26.4 Å². The molecule has 0 atom stereocenters. The second-order valence-corrected chi connectivity index (χ2v) is 8.88. The van der Waals surface area contributed by atoms with Crippen LogP contribution in [0, 0.1) is 0 Å². The van der Waals surface area contributed by atoms with E-state index in [-0.39, 0.29) is 18.1 Å². The van der Waals surface area contributed by atoms with Gasteiger partial charge in [-0.1, -0.05) is 0 Å². The fourth-order valence-electron chi connectivity index (χ4n) is 2.46. The molecule has 0 radical (unpaired) electrons. The van der Waals surface area contributed by atoms with Crippen molar-refractivity contribution in [3.63, 3.8) is 0 Å². The van der Waals surface area contributed by atoms with Gasteiger partial charge in [-0.05, 0) is 40.0 Å². The van der Waals surface area contributed by atoms with Gasteiger partial charge in [0, 0.05) is 6.54 Å². The van der Waals surface area contributed by atoms with Crippen LogP contribution in [0.1, 0.15) is 5.56 Å². The number of sulfone groups is 1. The summed E-state index contributed by atoms with van der Waals surface area (Å²) in [5.41, 5.74) is 0.828. The maximum Gasteiger partial charge on any atom is 0.410 e. The fourth-order valence-corrected chi connectivity index (χ4v) is 4.24. The third-order valence-electron chi connectivity index (χ3n) is 3.83. The summed E-state index contributed by atoms with van der Waals surface area (Å²) >= 11 is 3.37. The van der Waals surface area contributed by atoms with Gasteiger partial charge in [0.25, 0.3) is 0 Å². The summed E-state index contributed by atoms with van der Waals surface area (Å²) in [6.07, 6.45) is -1.15. The van der Waals surface area contributed by atoms with E-state index >= 15 is 0 Å². The van der Waals surface area contributed by atoms with Gasteiger partial charge in [0.05, 0.1) is 36.2 Å². The Kier molecular flexibility index (Phi) is 7.75. The fraction of sp³-hybridized carbons (Fsp3) is 0.500. The highest BCUT2D eigenvalue weighted by molar-refractivity contribution is 9.10. The number of hydrogen-bond acceptors (Lipinski definition) is 8. The van der Waals surface area contributed by atoms with E-state index in [0.717, 1.165) is 10.0 Å². The van der Waals surface area contributed by atoms with Crippen molar-refractivity contribution in [3.8, 4) is 11.5 Å². The van der Waals surface area contributed by atoms with Crippen molar-refractivity contribution < 1.29 is 37.0 Å². The quantitative estimate of drug-likeness (QED) is 0.531. The van der Waals surface area contributed by atoms with Gasteiger partial charge in [-0.3, -0.25) is 0 Å². The zero-order chi connectivity index (χ0) is 20.7. The number of halogens is 1. The minimum absolute atomic E-state index is 0.117. The van der Waals surface area contributed by atoms with Crippen LogP contribution < -0.4 is 20.1 Å². The van der Waals surface area contributed by atoms with Crippen LogP contribution in [0.2, 0.25) is 0 Å². The largest absolute Gasteiger partial charge is 0.496 e. The number of ether oxygens (including phenoxy) is 4. The Balaban J connectivity index is 1.67. The third-order valence-corrected chi connectivity index (χ3v) is 6.27. The zero-order valence-corrected chi connectivity index (χ0v) is 17.7. The van der Waals surface area contributed by atoms with E-state index in [9.17, 15) is 18.0 Å². The van der Waals surface area contributed by atoms with Crippen LogP contribution in [-0.2, 0) is 25.7 Å². The Hall–Kier alpha value is -2.21. The maximum atomic E-state index is 11.6. The van der Waals surface area contributed by atoms with Gasteiger partial charge in [-0.25, -0.2) is 18.0 Å². The number of benzene rings is 1. The van der Waals surface area contributed by atoms with Gasteiger partial charge < -0.3 is 29.6 Å². The van der Waals surface area contributed by atoms with Crippen molar-refractivity contribution in [2.75, 3.05) is 39.1 Å². The van der Waals surface area contributed by atoms with E-state index in [0.29, 0.717) is 17.9 Å². The van der Waals surface area contributed by atoms with Gasteiger partial charge in [0.2, 0.25) is 6.79 Å². The molecule has 0 bridgehead atoms. The lowest BCUT2D eigenvalue weighted by Crippen LogP contribution is -2.53. The molecule has 1 aliphatic rings. The summed E-state index contributed by atoms with van der Waals surface area (Å²) in [5.74, 6) is 1.04. The molecule has 0 aliphatic carbocycles. The van der Waals surface area contributed by atoms with Crippen LogP contribution in [-0.4, -0.2) is 65.7 Å². The van der Waals surface area contributed by atoms with Crippen LogP contribution in [0.5, 0.6) is 11.5 Å². The van der Waals surface area contributed by atoms with Crippen molar-refractivity contribution in [2.45, 2.75) is 12.5 Å².